The van der Waals surface area contributed by atoms with E-state index in [9.17, 15) is 19.5 Å². The van der Waals surface area contributed by atoms with Gasteiger partial charge in [0.1, 0.15) is 17.1 Å². The summed E-state index contributed by atoms with van der Waals surface area (Å²) in [5.41, 5.74) is 2.82. The Labute approximate surface area is 167 Å². The van der Waals surface area contributed by atoms with Crippen LogP contribution in [0.25, 0.3) is 0 Å². The van der Waals surface area contributed by atoms with Crippen molar-refractivity contribution in [2.75, 3.05) is 18.5 Å². The maximum Gasteiger partial charge on any atom is 0.339 e. The van der Waals surface area contributed by atoms with Crippen LogP contribution in [-0.4, -0.2) is 42.3 Å². The van der Waals surface area contributed by atoms with Crippen LogP contribution in [0.15, 0.2) is 47.6 Å². The van der Waals surface area contributed by atoms with E-state index in [1.54, 1.807) is 44.2 Å². The normalized spacial score (nSPS) is 10.4. The SMILES string of the molecule is CCOc1ccccc1NC(=O)C(=O)N/N=C\c1ccc(OCC)c(C(=O)O)c1. The number of anilines is 1. The molecule has 0 aliphatic heterocycles. The third kappa shape index (κ3) is 6.06. The maximum absolute atomic E-state index is 12.0. The lowest BCUT2D eigenvalue weighted by atomic mass is 10.1. The number of hydrogen-bond acceptors (Lipinski definition) is 6. The largest absolute Gasteiger partial charge is 0.493 e. The number of ether oxygens (including phenoxy) is 2. The van der Waals surface area contributed by atoms with Gasteiger partial charge in [-0.05, 0) is 49.7 Å². The van der Waals surface area contributed by atoms with Crippen molar-refractivity contribution < 1.29 is 29.0 Å². The second kappa shape index (κ2) is 10.5. The minimum atomic E-state index is -1.15. The molecule has 0 fully saturated rings. The molecule has 0 saturated carbocycles. The van der Waals surface area contributed by atoms with Gasteiger partial charge in [-0.25, -0.2) is 10.2 Å². The number of hydrogen-bond donors (Lipinski definition) is 3. The van der Waals surface area contributed by atoms with Crippen molar-refractivity contribution in [2.45, 2.75) is 13.8 Å². The number of benzene rings is 2. The lowest BCUT2D eigenvalue weighted by Gasteiger charge is -2.10. The first-order chi connectivity index (χ1) is 14.0. The van der Waals surface area contributed by atoms with Gasteiger partial charge in [0, 0.05) is 0 Å². The fourth-order valence-corrected chi connectivity index (χ4v) is 2.32. The van der Waals surface area contributed by atoms with Gasteiger partial charge >= 0.3 is 17.8 Å². The molecule has 152 valence electrons. The zero-order valence-corrected chi connectivity index (χ0v) is 16.0. The molecule has 2 aromatic rings. The van der Waals surface area contributed by atoms with Gasteiger partial charge in [-0.1, -0.05) is 12.1 Å². The van der Waals surface area contributed by atoms with Crippen molar-refractivity contribution in [1.82, 2.24) is 5.43 Å². The number of hydrazone groups is 1. The van der Waals surface area contributed by atoms with Crippen LogP contribution in [0.1, 0.15) is 29.8 Å². The van der Waals surface area contributed by atoms with Gasteiger partial charge in [0.25, 0.3) is 0 Å². The minimum absolute atomic E-state index is 0.0348. The number of amides is 2. The van der Waals surface area contributed by atoms with Crippen LogP contribution >= 0.6 is 0 Å². The average Bonchev–Trinajstić information content (AvgIpc) is 2.70. The molecule has 0 aliphatic carbocycles. The number of nitrogens with zero attached hydrogens (tertiary/aromatic N) is 1. The number of carbonyl (C=O) groups is 3. The Bertz CT molecular complexity index is 926. The van der Waals surface area contributed by atoms with Gasteiger partial charge in [0.15, 0.2) is 0 Å². The summed E-state index contributed by atoms with van der Waals surface area (Å²) in [7, 11) is 0. The first-order valence-electron chi connectivity index (χ1n) is 8.82. The zero-order chi connectivity index (χ0) is 21.2. The highest BCUT2D eigenvalue weighted by molar-refractivity contribution is 6.39. The van der Waals surface area contributed by atoms with E-state index in [2.05, 4.69) is 15.8 Å². The van der Waals surface area contributed by atoms with Crippen LogP contribution < -0.4 is 20.2 Å². The predicted molar refractivity (Wildman–Crippen MR) is 107 cm³/mol. The van der Waals surface area contributed by atoms with Crippen LogP contribution in [0.2, 0.25) is 0 Å². The summed E-state index contributed by atoms with van der Waals surface area (Å²) >= 11 is 0. The quantitative estimate of drug-likeness (QED) is 0.355. The van der Waals surface area contributed by atoms with E-state index in [0.29, 0.717) is 30.2 Å². The lowest BCUT2D eigenvalue weighted by molar-refractivity contribution is -0.136. The Morgan fingerprint density at radius 3 is 2.38 bits per heavy atom. The van der Waals surface area contributed by atoms with Crippen LogP contribution in [0.5, 0.6) is 11.5 Å². The number of rotatable bonds is 8. The highest BCUT2D eigenvalue weighted by atomic mass is 16.5. The molecule has 29 heavy (non-hydrogen) atoms. The molecule has 0 spiro atoms. The highest BCUT2D eigenvalue weighted by Gasteiger charge is 2.15. The smallest absolute Gasteiger partial charge is 0.339 e. The molecule has 2 rings (SSSR count). The molecule has 2 aromatic carbocycles. The van der Waals surface area contributed by atoms with Crippen LogP contribution in [0.4, 0.5) is 5.69 Å². The van der Waals surface area contributed by atoms with Gasteiger partial charge < -0.3 is 19.9 Å². The van der Waals surface area contributed by atoms with E-state index in [1.165, 1.54) is 18.3 Å². The number of para-hydroxylation sites is 2. The molecule has 0 atom stereocenters. The molecule has 3 N–H and O–H groups in total. The topological polar surface area (TPSA) is 126 Å². The minimum Gasteiger partial charge on any atom is -0.493 e. The fraction of sp³-hybridized carbons (Fsp3) is 0.200. The molecule has 0 aromatic heterocycles. The molecule has 0 saturated heterocycles. The molecule has 9 heteroatoms. The molecule has 0 aliphatic rings. The number of aromatic carboxylic acids is 1. The van der Waals surface area contributed by atoms with Gasteiger partial charge in [-0.15, -0.1) is 0 Å². The standard InChI is InChI=1S/C20H21N3O6/c1-3-28-16-10-9-13(11-14(16)20(26)27)12-21-23-19(25)18(24)22-15-7-5-6-8-17(15)29-4-2/h5-12H,3-4H2,1-2H3,(H,22,24)(H,23,25)(H,26,27)/b21-12-. The van der Waals surface area contributed by atoms with Gasteiger partial charge in [-0.2, -0.15) is 5.10 Å². The Morgan fingerprint density at radius 1 is 1.00 bits per heavy atom. The molecular weight excluding hydrogens is 378 g/mol. The van der Waals surface area contributed by atoms with Crippen molar-refractivity contribution >= 4 is 29.7 Å². The highest BCUT2D eigenvalue weighted by Crippen LogP contribution is 2.23. The molecular formula is C20H21N3O6. The van der Waals surface area contributed by atoms with Crippen molar-refractivity contribution in [3.63, 3.8) is 0 Å². The Balaban J connectivity index is 2.01. The van der Waals surface area contributed by atoms with E-state index in [-0.39, 0.29) is 11.3 Å². The third-order valence-electron chi connectivity index (χ3n) is 3.55. The summed E-state index contributed by atoms with van der Waals surface area (Å²) in [6.45, 7) is 4.28. The zero-order valence-electron chi connectivity index (χ0n) is 16.0. The van der Waals surface area contributed by atoms with Crippen LogP contribution in [-0.2, 0) is 9.59 Å². The van der Waals surface area contributed by atoms with Crippen molar-refractivity contribution in [1.29, 1.82) is 0 Å². The number of carboxylic acids is 1. The lowest BCUT2D eigenvalue weighted by Crippen LogP contribution is -2.32. The molecule has 0 unspecified atom stereocenters. The number of carbonyl (C=O) groups excluding carboxylic acids is 2. The summed E-state index contributed by atoms with van der Waals surface area (Å²) in [6, 6.07) is 11.1. The monoisotopic (exact) mass is 399 g/mol. The Hall–Kier alpha value is -3.88. The van der Waals surface area contributed by atoms with Crippen molar-refractivity contribution in [2.24, 2.45) is 5.10 Å². The molecule has 0 radical (unpaired) electrons. The van der Waals surface area contributed by atoms with E-state index in [1.807, 2.05) is 0 Å². The Morgan fingerprint density at radius 2 is 1.69 bits per heavy atom. The first-order valence-corrected chi connectivity index (χ1v) is 8.82. The molecule has 9 nitrogen and oxygen atoms in total. The second-order valence-corrected chi connectivity index (χ2v) is 5.58. The van der Waals surface area contributed by atoms with Gasteiger partial charge in [0.2, 0.25) is 0 Å². The Kier molecular flexibility index (Phi) is 7.72. The molecule has 0 heterocycles. The van der Waals surface area contributed by atoms with Crippen molar-refractivity contribution in [3.8, 4) is 11.5 Å². The third-order valence-corrected chi connectivity index (χ3v) is 3.55. The number of carboxylic acid groups (broad SMARTS) is 1. The van der Waals surface area contributed by atoms with E-state index >= 15 is 0 Å². The average molecular weight is 399 g/mol. The molecule has 2 amide bonds. The summed E-state index contributed by atoms with van der Waals surface area (Å²) in [5, 5.41) is 15.4. The van der Waals surface area contributed by atoms with Crippen LogP contribution in [0.3, 0.4) is 0 Å². The fourth-order valence-electron chi connectivity index (χ4n) is 2.32. The number of nitrogens with one attached hydrogen (secondary N) is 2. The summed E-state index contributed by atoms with van der Waals surface area (Å²) in [6.07, 6.45) is 1.22. The van der Waals surface area contributed by atoms with Crippen molar-refractivity contribution in [3.05, 3.63) is 53.6 Å². The summed E-state index contributed by atoms with van der Waals surface area (Å²) in [5.74, 6) is -2.40. The van der Waals surface area contributed by atoms with Crippen LogP contribution in [0, 0.1) is 0 Å². The first kappa shape index (κ1) is 21.4. The maximum atomic E-state index is 12.0. The second-order valence-electron chi connectivity index (χ2n) is 5.58. The van der Waals surface area contributed by atoms with E-state index < -0.39 is 17.8 Å². The summed E-state index contributed by atoms with van der Waals surface area (Å²) < 4.78 is 10.6. The van der Waals surface area contributed by atoms with E-state index in [0.717, 1.165) is 0 Å². The van der Waals surface area contributed by atoms with Gasteiger partial charge in [0.05, 0.1) is 25.1 Å². The van der Waals surface area contributed by atoms with Gasteiger partial charge in [-0.3, -0.25) is 9.59 Å². The summed E-state index contributed by atoms with van der Waals surface area (Å²) in [4.78, 5) is 35.3. The van der Waals surface area contributed by atoms with E-state index in [4.69, 9.17) is 9.47 Å². The molecule has 0 bridgehead atoms. The predicted octanol–water partition coefficient (Wildman–Crippen LogP) is 2.27.